The van der Waals surface area contributed by atoms with Crippen LogP contribution < -0.4 is 14.8 Å². The minimum Gasteiger partial charge on any atom is -0.481 e. The number of anilines is 2. The van der Waals surface area contributed by atoms with E-state index in [-0.39, 0.29) is 28.0 Å². The normalized spacial score (nSPS) is 10.9. The highest BCUT2D eigenvalue weighted by molar-refractivity contribution is 7.92. The summed E-state index contributed by atoms with van der Waals surface area (Å²) >= 11 is 0. The zero-order chi connectivity index (χ0) is 21.0. The van der Waals surface area contributed by atoms with Crippen LogP contribution in [0.1, 0.15) is 10.6 Å². The lowest BCUT2D eigenvalue weighted by molar-refractivity contribution is -0.402. The first-order chi connectivity index (χ1) is 13.8. The van der Waals surface area contributed by atoms with Crippen LogP contribution in [0.15, 0.2) is 58.1 Å². The van der Waals surface area contributed by atoms with Crippen molar-refractivity contribution in [2.75, 3.05) is 17.1 Å². The number of benzene rings is 1. The summed E-state index contributed by atoms with van der Waals surface area (Å²) in [6, 6.07) is 8.76. The molecule has 0 radical (unpaired) electrons. The molecular weight excluding hydrogens is 406 g/mol. The fourth-order valence-corrected chi connectivity index (χ4v) is 3.16. The van der Waals surface area contributed by atoms with Gasteiger partial charge in [0.05, 0.1) is 18.1 Å². The van der Waals surface area contributed by atoms with Crippen LogP contribution >= 0.6 is 0 Å². The Hall–Kier alpha value is -4.00. The molecule has 0 aliphatic rings. The van der Waals surface area contributed by atoms with E-state index >= 15 is 0 Å². The Labute approximate surface area is 163 Å². The summed E-state index contributed by atoms with van der Waals surface area (Å²) in [5, 5.41) is 13.0. The topological polar surface area (TPSA) is 167 Å². The van der Waals surface area contributed by atoms with Gasteiger partial charge in [-0.25, -0.2) is 18.4 Å². The summed E-state index contributed by atoms with van der Waals surface area (Å²) in [6.07, 6.45) is 1.15. The molecule has 2 heterocycles. The second-order valence-electron chi connectivity index (χ2n) is 5.42. The Balaban J connectivity index is 1.71. The monoisotopic (exact) mass is 419 g/mol. The van der Waals surface area contributed by atoms with Crippen molar-refractivity contribution in [2.45, 2.75) is 4.90 Å². The molecule has 3 rings (SSSR count). The minimum absolute atomic E-state index is 0.0219. The molecule has 3 aromatic rings. The van der Waals surface area contributed by atoms with Crippen LogP contribution in [0.5, 0.6) is 5.88 Å². The molecule has 1 aromatic carbocycles. The van der Waals surface area contributed by atoms with E-state index in [1.165, 1.54) is 37.4 Å². The van der Waals surface area contributed by atoms with Crippen LogP contribution in [-0.4, -0.2) is 36.3 Å². The summed E-state index contributed by atoms with van der Waals surface area (Å²) < 4.78 is 36.9. The maximum absolute atomic E-state index is 12.4. The lowest BCUT2D eigenvalue weighted by Gasteiger charge is -2.09. The summed E-state index contributed by atoms with van der Waals surface area (Å²) in [6.45, 7) is 0. The van der Waals surface area contributed by atoms with E-state index in [0.29, 0.717) is 0 Å². The number of carbonyl (C=O) groups is 1. The standard InChI is InChI=1S/C16H13N5O7S/c1-27-14-8-13(17-9-18-14)20-29(25,26)11-4-2-10(3-5-11)19-16(22)12-6-7-15(28-12)21(23)24/h2-9H,1H3,(H,19,22)(H,17,18,20). The number of nitro groups is 1. The van der Waals surface area contributed by atoms with E-state index in [9.17, 15) is 23.3 Å². The molecule has 29 heavy (non-hydrogen) atoms. The highest BCUT2D eigenvalue weighted by Crippen LogP contribution is 2.20. The van der Waals surface area contributed by atoms with Crippen molar-refractivity contribution in [1.82, 2.24) is 9.97 Å². The van der Waals surface area contributed by atoms with E-state index in [2.05, 4.69) is 20.0 Å². The molecule has 0 aliphatic carbocycles. The van der Waals surface area contributed by atoms with Gasteiger partial charge in [-0.3, -0.25) is 19.6 Å². The Morgan fingerprint density at radius 2 is 1.90 bits per heavy atom. The Kier molecular flexibility index (Phi) is 5.40. The van der Waals surface area contributed by atoms with Crippen LogP contribution in [0.3, 0.4) is 0 Å². The number of nitrogens with zero attached hydrogens (tertiary/aromatic N) is 3. The highest BCUT2D eigenvalue weighted by atomic mass is 32.2. The zero-order valence-corrected chi connectivity index (χ0v) is 15.5. The first-order valence-corrected chi connectivity index (χ1v) is 9.31. The van der Waals surface area contributed by atoms with Crippen LogP contribution in [0.25, 0.3) is 0 Å². The van der Waals surface area contributed by atoms with Gasteiger partial charge in [0.15, 0.2) is 5.76 Å². The number of nitrogens with one attached hydrogen (secondary N) is 2. The lowest BCUT2D eigenvalue weighted by Crippen LogP contribution is -2.15. The third-order valence-corrected chi connectivity index (χ3v) is 4.88. The number of hydrogen-bond donors (Lipinski definition) is 2. The number of amides is 1. The van der Waals surface area contributed by atoms with Crippen molar-refractivity contribution in [1.29, 1.82) is 0 Å². The molecule has 0 unspecified atom stereocenters. The molecule has 0 aliphatic heterocycles. The maximum atomic E-state index is 12.4. The fraction of sp³-hybridized carbons (Fsp3) is 0.0625. The van der Waals surface area contributed by atoms with Crippen molar-refractivity contribution < 1.29 is 27.3 Å². The molecule has 0 fully saturated rings. The molecule has 2 aromatic heterocycles. The van der Waals surface area contributed by atoms with Gasteiger partial charge in [0.25, 0.3) is 15.9 Å². The second kappa shape index (κ2) is 7.93. The highest BCUT2D eigenvalue weighted by Gasteiger charge is 2.19. The van der Waals surface area contributed by atoms with Crippen molar-refractivity contribution in [3.63, 3.8) is 0 Å². The zero-order valence-electron chi connectivity index (χ0n) is 14.7. The molecule has 0 saturated carbocycles. The van der Waals surface area contributed by atoms with E-state index in [1.54, 1.807) is 0 Å². The second-order valence-corrected chi connectivity index (χ2v) is 7.11. The van der Waals surface area contributed by atoms with E-state index in [4.69, 9.17) is 9.15 Å². The van der Waals surface area contributed by atoms with Gasteiger partial charge in [-0.2, -0.15) is 0 Å². The Morgan fingerprint density at radius 1 is 1.17 bits per heavy atom. The number of sulfonamides is 1. The van der Waals surface area contributed by atoms with Gasteiger partial charge in [0, 0.05) is 11.8 Å². The van der Waals surface area contributed by atoms with Crippen molar-refractivity contribution in [3.8, 4) is 5.88 Å². The third-order valence-electron chi connectivity index (χ3n) is 3.51. The van der Waals surface area contributed by atoms with Gasteiger partial charge in [-0.1, -0.05) is 0 Å². The summed E-state index contributed by atoms with van der Waals surface area (Å²) in [5.74, 6) is -1.33. The molecule has 150 valence electrons. The van der Waals surface area contributed by atoms with E-state index in [0.717, 1.165) is 18.5 Å². The molecule has 0 spiro atoms. The van der Waals surface area contributed by atoms with Crippen LogP contribution in [0.4, 0.5) is 17.4 Å². The van der Waals surface area contributed by atoms with Crippen molar-refractivity contribution in [3.05, 3.63) is 64.7 Å². The van der Waals surface area contributed by atoms with E-state index in [1.807, 2.05) is 0 Å². The Bertz CT molecular complexity index is 1160. The summed E-state index contributed by atoms with van der Waals surface area (Å²) in [7, 11) is -2.56. The Morgan fingerprint density at radius 3 is 2.52 bits per heavy atom. The van der Waals surface area contributed by atoms with Crippen LogP contribution in [-0.2, 0) is 10.0 Å². The van der Waals surface area contributed by atoms with E-state index < -0.39 is 26.7 Å². The van der Waals surface area contributed by atoms with Gasteiger partial charge < -0.3 is 14.5 Å². The van der Waals surface area contributed by atoms with Gasteiger partial charge >= 0.3 is 5.88 Å². The molecule has 0 saturated heterocycles. The molecule has 2 N–H and O–H groups in total. The molecule has 1 amide bonds. The number of hydrogen-bond acceptors (Lipinski definition) is 9. The fourth-order valence-electron chi connectivity index (χ4n) is 2.16. The van der Waals surface area contributed by atoms with Gasteiger partial charge in [-0.05, 0) is 30.3 Å². The number of rotatable bonds is 7. The number of ether oxygens (including phenoxy) is 1. The average molecular weight is 419 g/mol. The first kappa shape index (κ1) is 19.8. The third kappa shape index (κ3) is 4.65. The number of methoxy groups -OCH3 is 1. The largest absolute Gasteiger partial charge is 0.481 e. The number of carbonyl (C=O) groups excluding carboxylic acids is 1. The minimum atomic E-state index is -3.94. The predicted octanol–water partition coefficient (Wildman–Crippen LogP) is 2.04. The molecular formula is C16H13N5O7S. The SMILES string of the molecule is COc1cc(NS(=O)(=O)c2ccc(NC(=O)c3ccc([N+](=O)[O-])o3)cc2)ncn1. The van der Waals surface area contributed by atoms with Crippen molar-refractivity contribution >= 4 is 33.3 Å². The quantitative estimate of drug-likeness (QED) is 0.430. The summed E-state index contributed by atoms with van der Waals surface area (Å²) in [4.78, 5) is 29.4. The van der Waals surface area contributed by atoms with Crippen LogP contribution in [0, 0.1) is 10.1 Å². The van der Waals surface area contributed by atoms with Gasteiger partial charge in [0.1, 0.15) is 17.1 Å². The number of furan rings is 1. The van der Waals surface area contributed by atoms with Crippen LogP contribution in [0.2, 0.25) is 0 Å². The molecule has 0 atom stereocenters. The summed E-state index contributed by atoms with van der Waals surface area (Å²) in [5.41, 5.74) is 0.261. The first-order valence-electron chi connectivity index (χ1n) is 7.83. The van der Waals surface area contributed by atoms with Gasteiger partial charge in [0.2, 0.25) is 5.88 Å². The smallest absolute Gasteiger partial charge is 0.433 e. The molecule has 12 nitrogen and oxygen atoms in total. The molecule has 13 heteroatoms. The predicted molar refractivity (Wildman–Crippen MR) is 99.2 cm³/mol. The van der Waals surface area contributed by atoms with Crippen molar-refractivity contribution in [2.24, 2.45) is 0 Å². The maximum Gasteiger partial charge on any atom is 0.433 e. The average Bonchev–Trinajstić information content (AvgIpc) is 3.19. The lowest BCUT2D eigenvalue weighted by atomic mass is 10.3. The molecule has 0 bridgehead atoms. The number of aromatic nitrogens is 2. The van der Waals surface area contributed by atoms with Gasteiger partial charge in [-0.15, -0.1) is 0 Å².